The van der Waals surface area contributed by atoms with Crippen LogP contribution in [0.1, 0.15) is 27.2 Å². The monoisotopic (exact) mass is 254 g/mol. The Balaban J connectivity index is 2.84. The molecule has 1 aliphatic rings. The molecule has 0 saturated heterocycles. The highest BCUT2D eigenvalue weighted by Crippen LogP contribution is 2.22. The Bertz CT molecular complexity index is 432. The lowest BCUT2D eigenvalue weighted by Gasteiger charge is -2.20. The van der Waals surface area contributed by atoms with Crippen LogP contribution in [0.15, 0.2) is 23.7 Å². The molecule has 1 aliphatic carbocycles. The average molecular weight is 254 g/mol. The average Bonchev–Trinajstić information content (AvgIpc) is 2.12. The predicted molar refractivity (Wildman–Crippen MR) is 59.9 cm³/mol. The Kier molecular flexibility index (Phi) is 4.65. The molecule has 0 amide bonds. The van der Waals surface area contributed by atoms with E-state index in [9.17, 15) is 14.4 Å². The van der Waals surface area contributed by atoms with Crippen LogP contribution in [0.25, 0.3) is 0 Å². The Morgan fingerprint density at radius 2 is 1.67 bits per heavy atom. The van der Waals surface area contributed by atoms with Gasteiger partial charge in [0.2, 0.25) is 0 Å². The first-order valence-corrected chi connectivity index (χ1v) is 5.33. The summed E-state index contributed by atoms with van der Waals surface area (Å²) in [6, 6.07) is 0. The fraction of sp³-hybridized carbons (Fsp3) is 0.417. The summed E-state index contributed by atoms with van der Waals surface area (Å²) in [6.07, 6.45) is 2.51. The molecule has 0 N–H and O–H groups in total. The first-order valence-electron chi connectivity index (χ1n) is 5.33. The van der Waals surface area contributed by atoms with E-state index in [2.05, 4.69) is 0 Å². The number of hydrogen-bond donors (Lipinski definition) is 0. The molecule has 0 heterocycles. The molecule has 98 valence electrons. The number of hydrogen-bond acceptors (Lipinski definition) is 6. The molecule has 0 fully saturated rings. The van der Waals surface area contributed by atoms with Crippen LogP contribution < -0.4 is 0 Å². The van der Waals surface area contributed by atoms with Crippen molar-refractivity contribution in [3.63, 3.8) is 0 Å². The zero-order valence-electron chi connectivity index (χ0n) is 10.4. The Hall–Kier alpha value is -2.11. The number of carbonyl (C=O) groups excluding carboxylic acids is 3. The summed E-state index contributed by atoms with van der Waals surface area (Å²) in [6.45, 7) is 3.77. The molecule has 0 radical (unpaired) electrons. The lowest BCUT2D eigenvalue weighted by molar-refractivity contribution is -0.144. The third-order valence-electron chi connectivity index (χ3n) is 1.91. The van der Waals surface area contributed by atoms with Gasteiger partial charge in [0.1, 0.15) is 17.6 Å². The first-order chi connectivity index (χ1) is 8.36. The summed E-state index contributed by atoms with van der Waals surface area (Å²) in [7, 11) is 0. The SMILES string of the molecule is CC(=O)OC1=CC(OC(C)=O)CC(OC(C)=O)=C1. The van der Waals surface area contributed by atoms with Gasteiger partial charge in [0, 0.05) is 33.3 Å². The fourth-order valence-electron chi connectivity index (χ4n) is 1.48. The molecule has 1 atom stereocenters. The Morgan fingerprint density at radius 1 is 1.06 bits per heavy atom. The van der Waals surface area contributed by atoms with E-state index >= 15 is 0 Å². The summed E-state index contributed by atoms with van der Waals surface area (Å²) < 4.78 is 14.8. The molecule has 6 nitrogen and oxygen atoms in total. The number of rotatable bonds is 3. The highest BCUT2D eigenvalue weighted by Gasteiger charge is 2.21. The smallest absolute Gasteiger partial charge is 0.308 e. The van der Waals surface area contributed by atoms with Crippen molar-refractivity contribution < 1.29 is 28.6 Å². The molecule has 0 spiro atoms. The van der Waals surface area contributed by atoms with E-state index in [-0.39, 0.29) is 17.9 Å². The van der Waals surface area contributed by atoms with Crippen LogP contribution in [0.2, 0.25) is 0 Å². The molecule has 0 aromatic heterocycles. The second-order valence-corrected chi connectivity index (χ2v) is 3.72. The third-order valence-corrected chi connectivity index (χ3v) is 1.91. The zero-order valence-corrected chi connectivity index (χ0v) is 10.4. The second-order valence-electron chi connectivity index (χ2n) is 3.72. The highest BCUT2D eigenvalue weighted by molar-refractivity contribution is 5.69. The van der Waals surface area contributed by atoms with Gasteiger partial charge < -0.3 is 14.2 Å². The molecular weight excluding hydrogens is 240 g/mol. The summed E-state index contributed by atoms with van der Waals surface area (Å²) >= 11 is 0. The van der Waals surface area contributed by atoms with Gasteiger partial charge in [-0.3, -0.25) is 14.4 Å². The molecule has 1 unspecified atom stereocenters. The number of allylic oxidation sites excluding steroid dienone is 1. The maximum atomic E-state index is 10.9. The van der Waals surface area contributed by atoms with Gasteiger partial charge in [0.15, 0.2) is 0 Å². The largest absolute Gasteiger partial charge is 0.458 e. The minimum Gasteiger partial charge on any atom is -0.458 e. The maximum Gasteiger partial charge on any atom is 0.308 e. The Morgan fingerprint density at radius 3 is 2.17 bits per heavy atom. The van der Waals surface area contributed by atoms with Gasteiger partial charge in [-0.15, -0.1) is 0 Å². The summed E-state index contributed by atoms with van der Waals surface area (Å²) in [5.41, 5.74) is 0. The Labute approximate surface area is 104 Å². The number of ether oxygens (including phenoxy) is 3. The quantitative estimate of drug-likeness (QED) is 0.556. The zero-order chi connectivity index (χ0) is 13.7. The molecule has 1 rings (SSSR count). The van der Waals surface area contributed by atoms with Gasteiger partial charge in [-0.25, -0.2) is 0 Å². The van der Waals surface area contributed by atoms with Crippen LogP contribution in [0, 0.1) is 0 Å². The topological polar surface area (TPSA) is 78.9 Å². The number of carbonyl (C=O) groups is 3. The van der Waals surface area contributed by atoms with E-state index in [0.717, 1.165) is 0 Å². The van der Waals surface area contributed by atoms with E-state index in [1.165, 1.54) is 32.9 Å². The van der Waals surface area contributed by atoms with Gasteiger partial charge in [0.05, 0.1) is 0 Å². The minimum atomic E-state index is -0.615. The van der Waals surface area contributed by atoms with Gasteiger partial charge in [-0.1, -0.05) is 0 Å². The van der Waals surface area contributed by atoms with E-state index in [1.54, 1.807) is 0 Å². The summed E-state index contributed by atoms with van der Waals surface area (Å²) in [5, 5.41) is 0. The maximum absolute atomic E-state index is 10.9. The van der Waals surface area contributed by atoms with Crippen molar-refractivity contribution in [3.05, 3.63) is 23.7 Å². The summed E-state index contributed by atoms with van der Waals surface area (Å²) in [5.74, 6) is -0.999. The normalized spacial score (nSPS) is 18.3. The highest BCUT2D eigenvalue weighted by atomic mass is 16.6. The van der Waals surface area contributed by atoms with E-state index in [1.807, 2.05) is 0 Å². The second kappa shape index (κ2) is 6.00. The van der Waals surface area contributed by atoms with Crippen LogP contribution in [-0.2, 0) is 28.6 Å². The van der Waals surface area contributed by atoms with Crippen LogP contribution in [-0.4, -0.2) is 24.0 Å². The van der Waals surface area contributed by atoms with Crippen LogP contribution >= 0.6 is 0 Å². The molecule has 6 heteroatoms. The fourth-order valence-corrected chi connectivity index (χ4v) is 1.48. The molecule has 0 saturated carbocycles. The first kappa shape index (κ1) is 14.0. The molecule has 18 heavy (non-hydrogen) atoms. The van der Waals surface area contributed by atoms with Crippen LogP contribution in [0.3, 0.4) is 0 Å². The van der Waals surface area contributed by atoms with Gasteiger partial charge in [-0.2, -0.15) is 0 Å². The standard InChI is InChI=1S/C12H14O6/c1-7(13)16-10-4-11(17-8(2)14)6-12(5-10)18-9(3)15/h4-5,11H,6H2,1-3H3. The molecule has 0 aliphatic heterocycles. The van der Waals surface area contributed by atoms with Crippen molar-refractivity contribution in [1.29, 1.82) is 0 Å². The van der Waals surface area contributed by atoms with Crippen molar-refractivity contribution in [1.82, 2.24) is 0 Å². The van der Waals surface area contributed by atoms with Gasteiger partial charge in [0.25, 0.3) is 0 Å². The predicted octanol–water partition coefficient (Wildman–Crippen LogP) is 1.22. The van der Waals surface area contributed by atoms with Crippen molar-refractivity contribution in [2.24, 2.45) is 0 Å². The summed E-state index contributed by atoms with van der Waals surface area (Å²) in [4.78, 5) is 32.6. The minimum absolute atomic E-state index is 0.191. The molecular formula is C12H14O6. The van der Waals surface area contributed by atoms with Crippen LogP contribution in [0.5, 0.6) is 0 Å². The van der Waals surface area contributed by atoms with Crippen molar-refractivity contribution in [2.75, 3.05) is 0 Å². The lowest BCUT2D eigenvalue weighted by Crippen LogP contribution is -2.20. The van der Waals surface area contributed by atoms with Gasteiger partial charge in [-0.05, 0) is 6.08 Å². The molecule has 0 bridgehead atoms. The van der Waals surface area contributed by atoms with Gasteiger partial charge >= 0.3 is 17.9 Å². The molecule has 0 aromatic carbocycles. The van der Waals surface area contributed by atoms with E-state index in [4.69, 9.17) is 14.2 Å². The van der Waals surface area contributed by atoms with Crippen molar-refractivity contribution in [3.8, 4) is 0 Å². The van der Waals surface area contributed by atoms with E-state index in [0.29, 0.717) is 0 Å². The van der Waals surface area contributed by atoms with Crippen LogP contribution in [0.4, 0.5) is 0 Å². The van der Waals surface area contributed by atoms with Crippen molar-refractivity contribution in [2.45, 2.75) is 33.3 Å². The third kappa shape index (κ3) is 4.82. The molecule has 0 aromatic rings. The van der Waals surface area contributed by atoms with E-state index < -0.39 is 24.0 Å². The van der Waals surface area contributed by atoms with Crippen molar-refractivity contribution >= 4 is 17.9 Å². The lowest BCUT2D eigenvalue weighted by atomic mass is 10.1. The number of esters is 3.